The number of phenolic OH excluding ortho intramolecular Hbond substituents is 1. The summed E-state index contributed by atoms with van der Waals surface area (Å²) in [5.41, 5.74) is 1.72. The molecule has 0 spiro atoms. The van der Waals surface area contributed by atoms with Crippen molar-refractivity contribution in [2.75, 3.05) is 39.8 Å². The molecular formula is C20H29N5O3. The lowest BCUT2D eigenvalue weighted by Gasteiger charge is -2.36. The largest absolute Gasteiger partial charge is 0.504 e. The van der Waals surface area contributed by atoms with Crippen LogP contribution in [0.1, 0.15) is 23.9 Å². The normalized spacial score (nSPS) is 15.7. The molecule has 2 N–H and O–H groups in total. The van der Waals surface area contributed by atoms with E-state index in [4.69, 9.17) is 14.3 Å². The van der Waals surface area contributed by atoms with Crippen molar-refractivity contribution < 1.29 is 14.4 Å². The van der Waals surface area contributed by atoms with Crippen molar-refractivity contribution in [3.8, 4) is 11.5 Å². The van der Waals surface area contributed by atoms with Gasteiger partial charge in [0.1, 0.15) is 5.76 Å². The second kappa shape index (κ2) is 9.45. The number of rotatable bonds is 6. The number of aliphatic imine (C=N–C) groups is 1. The lowest BCUT2D eigenvalue weighted by Crippen LogP contribution is -2.52. The number of piperazine rings is 1. The summed E-state index contributed by atoms with van der Waals surface area (Å²) in [6.07, 6.45) is 0. The molecular weight excluding hydrogens is 358 g/mol. The quantitative estimate of drug-likeness (QED) is 0.579. The summed E-state index contributed by atoms with van der Waals surface area (Å²) in [4.78, 5) is 9.35. The molecule has 0 amide bonds. The molecule has 152 valence electrons. The molecule has 0 bridgehead atoms. The van der Waals surface area contributed by atoms with Gasteiger partial charge in [-0.25, -0.2) is 4.99 Å². The summed E-state index contributed by atoms with van der Waals surface area (Å²) in [7, 11) is 1.55. The first-order valence-corrected chi connectivity index (χ1v) is 9.63. The summed E-state index contributed by atoms with van der Waals surface area (Å²) >= 11 is 0. The van der Waals surface area contributed by atoms with Crippen molar-refractivity contribution >= 4 is 5.96 Å². The number of nitrogens with zero attached hydrogens (tertiary/aromatic N) is 4. The van der Waals surface area contributed by atoms with Gasteiger partial charge in [-0.05, 0) is 19.9 Å². The molecule has 1 aromatic heterocycles. The Morgan fingerprint density at radius 3 is 2.75 bits per heavy atom. The van der Waals surface area contributed by atoms with Gasteiger partial charge in [-0.15, -0.1) is 0 Å². The molecule has 2 heterocycles. The average molecular weight is 387 g/mol. The molecule has 1 aliphatic rings. The number of para-hydroxylation sites is 1. The Labute approximate surface area is 165 Å². The van der Waals surface area contributed by atoms with E-state index in [2.05, 4.69) is 27.2 Å². The lowest BCUT2D eigenvalue weighted by molar-refractivity contribution is 0.169. The van der Waals surface area contributed by atoms with Gasteiger partial charge in [-0.1, -0.05) is 17.3 Å². The van der Waals surface area contributed by atoms with Crippen LogP contribution in [0.3, 0.4) is 0 Å². The molecule has 0 atom stereocenters. The Bertz CT molecular complexity index is 797. The molecule has 0 unspecified atom stereocenters. The first-order chi connectivity index (χ1) is 13.6. The van der Waals surface area contributed by atoms with Crippen LogP contribution in [0.2, 0.25) is 0 Å². The van der Waals surface area contributed by atoms with Crippen LogP contribution in [0.5, 0.6) is 11.5 Å². The summed E-state index contributed by atoms with van der Waals surface area (Å²) in [6.45, 7) is 9.58. The SMILES string of the molecule is CCNC(=NCc1cccc(OC)c1O)N1CCN(Cc2cc(C)on2)CC1. The zero-order chi connectivity index (χ0) is 19.9. The maximum absolute atomic E-state index is 10.3. The highest BCUT2D eigenvalue weighted by molar-refractivity contribution is 5.80. The van der Waals surface area contributed by atoms with E-state index in [9.17, 15) is 5.11 Å². The van der Waals surface area contributed by atoms with Gasteiger partial charge in [0.05, 0.1) is 19.3 Å². The maximum atomic E-state index is 10.3. The number of ether oxygens (including phenoxy) is 1. The number of phenols is 1. The lowest BCUT2D eigenvalue weighted by atomic mass is 10.2. The minimum absolute atomic E-state index is 0.150. The molecule has 8 heteroatoms. The Balaban J connectivity index is 1.60. The van der Waals surface area contributed by atoms with E-state index in [0.29, 0.717) is 12.3 Å². The van der Waals surface area contributed by atoms with Gasteiger partial charge in [-0.2, -0.15) is 0 Å². The fourth-order valence-corrected chi connectivity index (χ4v) is 3.29. The topological polar surface area (TPSA) is 86.4 Å². The van der Waals surface area contributed by atoms with Crippen molar-refractivity contribution in [3.63, 3.8) is 0 Å². The zero-order valence-corrected chi connectivity index (χ0v) is 16.8. The molecule has 1 aliphatic heterocycles. The third kappa shape index (κ3) is 4.95. The number of guanidine groups is 1. The van der Waals surface area contributed by atoms with Gasteiger partial charge < -0.3 is 24.6 Å². The summed E-state index contributed by atoms with van der Waals surface area (Å²) in [5.74, 6) is 2.32. The van der Waals surface area contributed by atoms with Gasteiger partial charge in [-0.3, -0.25) is 4.90 Å². The molecule has 28 heavy (non-hydrogen) atoms. The van der Waals surface area contributed by atoms with Crippen molar-refractivity contribution in [2.24, 2.45) is 4.99 Å². The molecule has 3 rings (SSSR count). The number of benzene rings is 1. The number of methoxy groups -OCH3 is 1. The molecule has 1 fully saturated rings. The van der Waals surface area contributed by atoms with Gasteiger partial charge >= 0.3 is 0 Å². The summed E-state index contributed by atoms with van der Waals surface area (Å²) in [5, 5.41) is 17.7. The highest BCUT2D eigenvalue weighted by Crippen LogP contribution is 2.29. The highest BCUT2D eigenvalue weighted by Gasteiger charge is 2.20. The number of hydrogen-bond acceptors (Lipinski definition) is 6. The van der Waals surface area contributed by atoms with Crippen LogP contribution in [0.15, 0.2) is 33.8 Å². The fourth-order valence-electron chi connectivity index (χ4n) is 3.29. The number of nitrogens with one attached hydrogen (secondary N) is 1. The third-order valence-corrected chi connectivity index (χ3v) is 4.77. The van der Waals surface area contributed by atoms with Crippen LogP contribution < -0.4 is 10.1 Å². The molecule has 8 nitrogen and oxygen atoms in total. The monoisotopic (exact) mass is 387 g/mol. The maximum Gasteiger partial charge on any atom is 0.194 e. The second-order valence-electron chi connectivity index (χ2n) is 6.83. The van der Waals surface area contributed by atoms with Crippen molar-refractivity contribution in [1.29, 1.82) is 0 Å². The van der Waals surface area contributed by atoms with Gasteiger partial charge in [0.2, 0.25) is 0 Å². The Kier molecular flexibility index (Phi) is 6.76. The number of aromatic hydroxyl groups is 1. The van der Waals surface area contributed by atoms with Gasteiger partial charge in [0.15, 0.2) is 17.5 Å². The van der Waals surface area contributed by atoms with E-state index in [1.165, 1.54) is 0 Å². The Morgan fingerprint density at radius 1 is 1.32 bits per heavy atom. The third-order valence-electron chi connectivity index (χ3n) is 4.77. The number of aryl methyl sites for hydroxylation is 1. The first-order valence-electron chi connectivity index (χ1n) is 9.63. The Hall–Kier alpha value is -2.74. The van der Waals surface area contributed by atoms with Gasteiger partial charge in [0, 0.05) is 50.9 Å². The predicted molar refractivity (Wildman–Crippen MR) is 108 cm³/mol. The van der Waals surface area contributed by atoms with Crippen LogP contribution in [-0.2, 0) is 13.1 Å². The van der Waals surface area contributed by atoms with E-state index in [1.54, 1.807) is 13.2 Å². The van der Waals surface area contributed by atoms with Crippen molar-refractivity contribution in [3.05, 3.63) is 41.3 Å². The molecule has 2 aromatic rings. The number of aromatic nitrogens is 1. The van der Waals surface area contributed by atoms with Crippen LogP contribution in [0, 0.1) is 6.92 Å². The minimum atomic E-state index is 0.150. The van der Waals surface area contributed by atoms with Crippen LogP contribution in [0.25, 0.3) is 0 Å². The van der Waals surface area contributed by atoms with E-state index in [-0.39, 0.29) is 5.75 Å². The highest BCUT2D eigenvalue weighted by atomic mass is 16.5. The van der Waals surface area contributed by atoms with Crippen molar-refractivity contribution in [2.45, 2.75) is 26.9 Å². The van der Waals surface area contributed by atoms with E-state index in [0.717, 1.165) is 62.2 Å². The average Bonchev–Trinajstić information content (AvgIpc) is 3.11. The summed E-state index contributed by atoms with van der Waals surface area (Å²) < 4.78 is 10.3. The summed E-state index contributed by atoms with van der Waals surface area (Å²) in [6, 6.07) is 7.45. The van der Waals surface area contributed by atoms with Crippen molar-refractivity contribution in [1.82, 2.24) is 20.3 Å². The zero-order valence-electron chi connectivity index (χ0n) is 16.8. The molecule has 0 radical (unpaired) electrons. The molecule has 0 aliphatic carbocycles. The number of hydrogen-bond donors (Lipinski definition) is 2. The first kappa shape index (κ1) is 20.0. The molecule has 1 aromatic carbocycles. The smallest absolute Gasteiger partial charge is 0.194 e. The molecule has 0 saturated carbocycles. The Morgan fingerprint density at radius 2 is 2.11 bits per heavy atom. The van der Waals surface area contributed by atoms with Crippen LogP contribution in [-0.4, -0.2) is 65.9 Å². The standard InChI is InChI=1S/C20H29N5O3/c1-4-21-20(22-13-16-6-5-7-18(27-3)19(16)26)25-10-8-24(9-11-25)14-17-12-15(2)28-23-17/h5-7,12,26H,4,8-11,13-14H2,1-3H3,(H,21,22). The van der Waals surface area contributed by atoms with E-state index < -0.39 is 0 Å². The van der Waals surface area contributed by atoms with Gasteiger partial charge in [0.25, 0.3) is 0 Å². The van der Waals surface area contributed by atoms with Crippen LogP contribution in [0.4, 0.5) is 0 Å². The predicted octanol–water partition coefficient (Wildman–Crippen LogP) is 1.98. The molecule has 1 saturated heterocycles. The van der Waals surface area contributed by atoms with Crippen LogP contribution >= 0.6 is 0 Å². The van der Waals surface area contributed by atoms with E-state index >= 15 is 0 Å². The fraction of sp³-hybridized carbons (Fsp3) is 0.500. The minimum Gasteiger partial charge on any atom is -0.504 e. The second-order valence-corrected chi connectivity index (χ2v) is 6.83. The van der Waals surface area contributed by atoms with E-state index in [1.807, 2.05) is 25.1 Å².